The molecule has 0 aliphatic carbocycles. The highest BCUT2D eigenvalue weighted by Gasteiger charge is 2.13. The second kappa shape index (κ2) is 5.94. The molecule has 1 fully saturated rings. The van der Waals surface area contributed by atoms with Crippen molar-refractivity contribution < 1.29 is 9.47 Å². The Balaban J connectivity index is 2.13. The van der Waals surface area contributed by atoms with Crippen molar-refractivity contribution in [2.75, 3.05) is 13.2 Å². The third kappa shape index (κ3) is 3.87. The summed E-state index contributed by atoms with van der Waals surface area (Å²) in [6, 6.07) is 0. The van der Waals surface area contributed by atoms with Crippen LogP contribution < -0.4 is 0 Å². The molecular weight excluding hydrogens is 267 g/mol. The molecule has 2 nitrogen and oxygen atoms in total. The van der Waals surface area contributed by atoms with Crippen LogP contribution in [0.15, 0.2) is 9.66 Å². The molecule has 1 aliphatic rings. The van der Waals surface area contributed by atoms with Gasteiger partial charge in [0.05, 0.1) is 6.61 Å². The molecule has 1 heterocycles. The van der Waals surface area contributed by atoms with E-state index in [-0.39, 0.29) is 6.29 Å². The fourth-order valence-electron chi connectivity index (χ4n) is 1.10. The van der Waals surface area contributed by atoms with Crippen LogP contribution in [0, 0.1) is 0 Å². The van der Waals surface area contributed by atoms with Crippen LogP contribution >= 0.6 is 22.6 Å². The number of hydrogen-bond acceptors (Lipinski definition) is 2. The smallest absolute Gasteiger partial charge is 0.158 e. The fourth-order valence-corrected chi connectivity index (χ4v) is 1.28. The van der Waals surface area contributed by atoms with Crippen molar-refractivity contribution in [2.45, 2.75) is 32.5 Å². The zero-order chi connectivity index (χ0) is 8.81. The number of halogens is 1. The van der Waals surface area contributed by atoms with E-state index in [1.807, 2.05) is 4.08 Å². The Morgan fingerprint density at radius 2 is 2.50 bits per heavy atom. The molecule has 70 valence electrons. The van der Waals surface area contributed by atoms with Gasteiger partial charge in [-0.1, -0.05) is 22.6 Å². The summed E-state index contributed by atoms with van der Waals surface area (Å²) in [6.07, 6.45) is 3.51. The van der Waals surface area contributed by atoms with E-state index in [1.54, 1.807) is 0 Å². The van der Waals surface area contributed by atoms with Crippen molar-refractivity contribution >= 4 is 22.6 Å². The highest BCUT2D eigenvalue weighted by molar-refractivity contribution is 14.1. The van der Waals surface area contributed by atoms with Gasteiger partial charge in [0.2, 0.25) is 0 Å². The van der Waals surface area contributed by atoms with E-state index in [9.17, 15) is 0 Å². The Hall–Kier alpha value is 0.390. The highest BCUT2D eigenvalue weighted by atomic mass is 127. The largest absolute Gasteiger partial charge is 0.353 e. The van der Waals surface area contributed by atoms with Crippen LogP contribution in [-0.2, 0) is 9.47 Å². The third-order valence-electron chi connectivity index (χ3n) is 1.82. The van der Waals surface area contributed by atoms with Gasteiger partial charge < -0.3 is 9.47 Å². The lowest BCUT2D eigenvalue weighted by Crippen LogP contribution is -2.22. The van der Waals surface area contributed by atoms with E-state index in [2.05, 4.69) is 29.5 Å². The molecule has 1 rings (SSSR count). The van der Waals surface area contributed by atoms with Crippen LogP contribution in [0.4, 0.5) is 0 Å². The van der Waals surface area contributed by atoms with E-state index in [1.165, 1.54) is 18.4 Å². The Labute approximate surface area is 87.5 Å². The van der Waals surface area contributed by atoms with Gasteiger partial charge in [-0.15, -0.1) is 0 Å². The molecule has 0 saturated carbocycles. The minimum atomic E-state index is 0.0463. The second-order valence-corrected chi connectivity index (χ2v) is 3.69. The van der Waals surface area contributed by atoms with Gasteiger partial charge in [0.1, 0.15) is 0 Å². The monoisotopic (exact) mass is 282 g/mol. The summed E-state index contributed by atoms with van der Waals surface area (Å²) in [6.45, 7) is 3.63. The molecule has 0 amide bonds. The van der Waals surface area contributed by atoms with Crippen molar-refractivity contribution in [1.82, 2.24) is 0 Å². The molecule has 0 aromatic heterocycles. The molecule has 0 bridgehead atoms. The number of rotatable bonds is 3. The van der Waals surface area contributed by atoms with Crippen LogP contribution in [0.3, 0.4) is 0 Å². The Morgan fingerprint density at radius 3 is 3.08 bits per heavy atom. The van der Waals surface area contributed by atoms with E-state index < -0.39 is 0 Å². The average molecular weight is 282 g/mol. The standard InChI is InChI=1S/C9H15IO2/c1-8(6-10)7-12-9-4-2-3-5-11-9/h6,9H,2-5,7H2,1H3/b8-6-. The van der Waals surface area contributed by atoms with Crippen LogP contribution in [-0.4, -0.2) is 19.5 Å². The number of hydrogen-bond donors (Lipinski definition) is 0. The molecule has 1 unspecified atom stereocenters. The molecule has 0 aromatic carbocycles. The van der Waals surface area contributed by atoms with Crippen LogP contribution in [0.25, 0.3) is 0 Å². The van der Waals surface area contributed by atoms with Crippen molar-refractivity contribution in [3.05, 3.63) is 9.66 Å². The molecular formula is C9H15IO2. The van der Waals surface area contributed by atoms with E-state index in [0.717, 1.165) is 13.0 Å². The van der Waals surface area contributed by atoms with Crippen molar-refractivity contribution in [3.63, 3.8) is 0 Å². The summed E-state index contributed by atoms with van der Waals surface area (Å²) in [7, 11) is 0. The molecule has 0 spiro atoms. The maximum Gasteiger partial charge on any atom is 0.158 e. The quantitative estimate of drug-likeness (QED) is 0.741. The number of ether oxygens (including phenoxy) is 2. The lowest BCUT2D eigenvalue weighted by molar-refractivity contribution is -0.156. The zero-order valence-corrected chi connectivity index (χ0v) is 9.54. The first-order valence-corrected chi connectivity index (χ1v) is 5.56. The van der Waals surface area contributed by atoms with Gasteiger partial charge in [-0.05, 0) is 35.8 Å². The predicted octanol–water partition coefficient (Wildman–Crippen LogP) is 2.87. The Morgan fingerprint density at radius 1 is 1.67 bits per heavy atom. The van der Waals surface area contributed by atoms with Gasteiger partial charge in [-0.25, -0.2) is 0 Å². The summed E-state index contributed by atoms with van der Waals surface area (Å²) in [5, 5.41) is 0. The molecule has 0 radical (unpaired) electrons. The highest BCUT2D eigenvalue weighted by Crippen LogP contribution is 2.14. The van der Waals surface area contributed by atoms with Crippen molar-refractivity contribution in [3.8, 4) is 0 Å². The first-order valence-electron chi connectivity index (χ1n) is 4.32. The molecule has 0 aromatic rings. The predicted molar refractivity (Wildman–Crippen MR) is 57.3 cm³/mol. The normalized spacial score (nSPS) is 25.8. The van der Waals surface area contributed by atoms with Gasteiger partial charge in [-0.3, -0.25) is 0 Å². The minimum Gasteiger partial charge on any atom is -0.353 e. The van der Waals surface area contributed by atoms with E-state index in [0.29, 0.717) is 6.61 Å². The van der Waals surface area contributed by atoms with E-state index >= 15 is 0 Å². The molecule has 3 heteroatoms. The van der Waals surface area contributed by atoms with Crippen LogP contribution in [0.5, 0.6) is 0 Å². The maximum atomic E-state index is 5.54. The first kappa shape index (κ1) is 10.5. The summed E-state index contributed by atoms with van der Waals surface area (Å²) >= 11 is 2.22. The SMILES string of the molecule is C/C(=C/I)COC1CCCCO1. The molecule has 0 N–H and O–H groups in total. The molecule has 12 heavy (non-hydrogen) atoms. The topological polar surface area (TPSA) is 18.5 Å². The second-order valence-electron chi connectivity index (χ2n) is 3.06. The lowest BCUT2D eigenvalue weighted by Gasteiger charge is -2.22. The van der Waals surface area contributed by atoms with Gasteiger partial charge in [0.15, 0.2) is 6.29 Å². The van der Waals surface area contributed by atoms with Gasteiger partial charge >= 0.3 is 0 Å². The van der Waals surface area contributed by atoms with E-state index in [4.69, 9.17) is 9.47 Å². The zero-order valence-electron chi connectivity index (χ0n) is 7.38. The summed E-state index contributed by atoms with van der Waals surface area (Å²) in [5.74, 6) is 0. The maximum absolute atomic E-state index is 5.54. The molecule has 1 aliphatic heterocycles. The summed E-state index contributed by atoms with van der Waals surface area (Å²) in [4.78, 5) is 0. The average Bonchev–Trinajstić information content (AvgIpc) is 2.16. The fraction of sp³-hybridized carbons (Fsp3) is 0.778. The molecule has 1 atom stereocenters. The van der Waals surface area contributed by atoms with Crippen molar-refractivity contribution in [2.24, 2.45) is 0 Å². The third-order valence-corrected chi connectivity index (χ3v) is 2.88. The van der Waals surface area contributed by atoms with Crippen LogP contribution in [0.1, 0.15) is 26.2 Å². The van der Waals surface area contributed by atoms with Gasteiger partial charge in [0.25, 0.3) is 0 Å². The lowest BCUT2D eigenvalue weighted by atomic mass is 10.2. The molecule has 1 saturated heterocycles. The summed E-state index contributed by atoms with van der Waals surface area (Å²) < 4.78 is 13.0. The van der Waals surface area contributed by atoms with Crippen molar-refractivity contribution in [1.29, 1.82) is 0 Å². The minimum absolute atomic E-state index is 0.0463. The summed E-state index contributed by atoms with van der Waals surface area (Å²) in [5.41, 5.74) is 1.25. The first-order chi connectivity index (χ1) is 5.83. The van der Waals surface area contributed by atoms with Gasteiger partial charge in [-0.2, -0.15) is 0 Å². The van der Waals surface area contributed by atoms with Crippen LogP contribution in [0.2, 0.25) is 0 Å². The Kier molecular flexibility index (Phi) is 5.18. The van der Waals surface area contributed by atoms with Gasteiger partial charge in [0, 0.05) is 6.61 Å². The Bertz CT molecular complexity index is 151.